The van der Waals surface area contributed by atoms with Crippen LogP contribution in [-0.4, -0.2) is 62.5 Å². The summed E-state index contributed by atoms with van der Waals surface area (Å²) in [6.45, 7) is 2.08. The lowest BCUT2D eigenvalue weighted by molar-refractivity contribution is 0.0746. The summed E-state index contributed by atoms with van der Waals surface area (Å²) < 4.78 is 33.5. The Hall–Kier alpha value is -3.37. The number of nitrogens with zero attached hydrogens (tertiary/aromatic N) is 4. The maximum Gasteiger partial charge on any atom is 0.263 e. The summed E-state index contributed by atoms with van der Waals surface area (Å²) in [5.74, 6) is 0.956. The van der Waals surface area contributed by atoms with E-state index in [1.165, 1.54) is 25.3 Å². The van der Waals surface area contributed by atoms with E-state index in [4.69, 9.17) is 16.3 Å². The molecule has 1 amide bonds. The van der Waals surface area contributed by atoms with Crippen LogP contribution < -0.4 is 14.4 Å². The molecule has 0 saturated carbocycles. The molecule has 1 saturated heterocycles. The molecule has 9 nitrogen and oxygen atoms in total. The van der Waals surface area contributed by atoms with Crippen molar-refractivity contribution in [2.45, 2.75) is 4.90 Å². The highest BCUT2D eigenvalue weighted by Gasteiger charge is 2.26. The Morgan fingerprint density at radius 1 is 1.03 bits per heavy atom. The minimum absolute atomic E-state index is 0.0265. The Labute approximate surface area is 197 Å². The van der Waals surface area contributed by atoms with Gasteiger partial charge >= 0.3 is 0 Å². The fourth-order valence-electron chi connectivity index (χ4n) is 3.46. The molecule has 4 rings (SSSR count). The van der Waals surface area contributed by atoms with Crippen molar-refractivity contribution in [3.8, 4) is 5.75 Å². The predicted molar refractivity (Wildman–Crippen MR) is 125 cm³/mol. The molecule has 0 spiro atoms. The maximum atomic E-state index is 13.1. The maximum absolute atomic E-state index is 13.1. The number of halogens is 1. The Balaban J connectivity index is 1.49. The first-order valence-electron chi connectivity index (χ1n) is 10.1. The van der Waals surface area contributed by atoms with Crippen molar-refractivity contribution in [3.05, 3.63) is 71.5 Å². The molecule has 1 N–H and O–H groups in total. The van der Waals surface area contributed by atoms with Gasteiger partial charge in [0.1, 0.15) is 10.6 Å². The number of hydrogen-bond donors (Lipinski definition) is 1. The second kappa shape index (κ2) is 9.63. The monoisotopic (exact) mass is 487 g/mol. The van der Waals surface area contributed by atoms with Gasteiger partial charge in [-0.2, -0.15) is 0 Å². The Morgan fingerprint density at radius 2 is 1.70 bits per heavy atom. The molecule has 1 aromatic heterocycles. The van der Waals surface area contributed by atoms with Crippen LogP contribution in [-0.2, 0) is 10.0 Å². The van der Waals surface area contributed by atoms with E-state index >= 15 is 0 Å². The lowest BCUT2D eigenvalue weighted by atomic mass is 10.2. The summed E-state index contributed by atoms with van der Waals surface area (Å²) in [5, 5.41) is 0.0265. The van der Waals surface area contributed by atoms with Crippen LogP contribution in [0, 0.1) is 0 Å². The first-order valence-corrected chi connectivity index (χ1v) is 12.0. The van der Waals surface area contributed by atoms with Crippen LogP contribution in [0.4, 0.5) is 11.6 Å². The summed E-state index contributed by atoms with van der Waals surface area (Å²) in [4.78, 5) is 25.1. The van der Waals surface area contributed by atoms with Gasteiger partial charge in [-0.25, -0.2) is 18.4 Å². The molecule has 33 heavy (non-hydrogen) atoms. The molecular formula is C22H22ClN5O4S. The molecule has 1 aliphatic heterocycles. The third-order valence-electron chi connectivity index (χ3n) is 5.21. The molecule has 172 valence electrons. The number of rotatable bonds is 6. The zero-order valence-electron chi connectivity index (χ0n) is 17.8. The number of aromatic nitrogens is 2. The molecule has 0 unspecified atom stereocenters. The van der Waals surface area contributed by atoms with Crippen LogP contribution >= 0.6 is 11.6 Å². The van der Waals surface area contributed by atoms with Gasteiger partial charge in [-0.15, -0.1) is 0 Å². The largest absolute Gasteiger partial charge is 0.497 e. The summed E-state index contributed by atoms with van der Waals surface area (Å²) in [6.07, 6.45) is 3.35. The number of amides is 1. The van der Waals surface area contributed by atoms with Crippen molar-refractivity contribution in [2.75, 3.05) is 42.9 Å². The van der Waals surface area contributed by atoms with Gasteiger partial charge in [0.25, 0.3) is 15.9 Å². The lowest BCUT2D eigenvalue weighted by Gasteiger charge is -2.34. The molecule has 0 atom stereocenters. The molecule has 0 radical (unpaired) electrons. The number of ether oxygens (including phenoxy) is 1. The van der Waals surface area contributed by atoms with Gasteiger partial charge in [-0.05, 0) is 48.5 Å². The first-order chi connectivity index (χ1) is 15.9. The topological polar surface area (TPSA) is 105 Å². The number of sulfonamides is 1. The molecule has 11 heteroatoms. The van der Waals surface area contributed by atoms with E-state index in [1.807, 2.05) is 4.90 Å². The highest BCUT2D eigenvalue weighted by molar-refractivity contribution is 7.92. The van der Waals surface area contributed by atoms with Crippen molar-refractivity contribution < 1.29 is 17.9 Å². The van der Waals surface area contributed by atoms with Crippen molar-refractivity contribution in [1.82, 2.24) is 14.9 Å². The highest BCUT2D eigenvalue weighted by Crippen LogP contribution is 2.26. The summed E-state index contributed by atoms with van der Waals surface area (Å²) in [6, 6.07) is 12.4. The zero-order chi connectivity index (χ0) is 23.4. The fourth-order valence-corrected chi connectivity index (χ4v) is 5.04. The van der Waals surface area contributed by atoms with Gasteiger partial charge in [0.2, 0.25) is 5.95 Å². The van der Waals surface area contributed by atoms with Crippen LogP contribution in [0.2, 0.25) is 5.02 Å². The van der Waals surface area contributed by atoms with Crippen molar-refractivity contribution in [3.63, 3.8) is 0 Å². The van der Waals surface area contributed by atoms with E-state index in [2.05, 4.69) is 14.7 Å². The van der Waals surface area contributed by atoms with E-state index in [0.29, 0.717) is 43.6 Å². The Morgan fingerprint density at radius 3 is 2.33 bits per heavy atom. The van der Waals surface area contributed by atoms with E-state index in [1.54, 1.807) is 47.6 Å². The average molecular weight is 488 g/mol. The second-order valence-electron chi connectivity index (χ2n) is 7.31. The van der Waals surface area contributed by atoms with Gasteiger partial charge in [0, 0.05) is 49.8 Å². The summed E-state index contributed by atoms with van der Waals surface area (Å²) in [5.41, 5.74) is 0.599. The highest BCUT2D eigenvalue weighted by atomic mass is 35.5. The molecule has 2 heterocycles. The molecule has 0 bridgehead atoms. The third kappa shape index (κ3) is 5.18. The van der Waals surface area contributed by atoms with E-state index in [0.717, 1.165) is 0 Å². The first kappa shape index (κ1) is 22.8. The van der Waals surface area contributed by atoms with Gasteiger partial charge in [-0.1, -0.05) is 11.6 Å². The number of piperazine rings is 1. The van der Waals surface area contributed by atoms with Crippen molar-refractivity contribution in [1.29, 1.82) is 0 Å². The van der Waals surface area contributed by atoms with Crippen LogP contribution in [0.3, 0.4) is 0 Å². The van der Waals surface area contributed by atoms with Crippen LogP contribution in [0.5, 0.6) is 5.75 Å². The minimum Gasteiger partial charge on any atom is -0.497 e. The van der Waals surface area contributed by atoms with Gasteiger partial charge in [0.15, 0.2) is 0 Å². The van der Waals surface area contributed by atoms with E-state index in [-0.39, 0.29) is 21.4 Å². The van der Waals surface area contributed by atoms with Crippen LogP contribution in [0.25, 0.3) is 0 Å². The molecule has 3 aromatic rings. The van der Waals surface area contributed by atoms with Gasteiger partial charge in [0.05, 0.1) is 12.1 Å². The molecule has 1 fully saturated rings. The Kier molecular flexibility index (Phi) is 6.66. The van der Waals surface area contributed by atoms with E-state index in [9.17, 15) is 13.2 Å². The number of anilines is 2. The molecular weight excluding hydrogens is 466 g/mol. The average Bonchev–Trinajstić information content (AvgIpc) is 2.85. The summed E-state index contributed by atoms with van der Waals surface area (Å²) >= 11 is 6.19. The minimum atomic E-state index is -4.01. The fraction of sp³-hybridized carbons (Fsp3) is 0.227. The third-order valence-corrected chi connectivity index (χ3v) is 7.07. The van der Waals surface area contributed by atoms with Crippen molar-refractivity contribution >= 4 is 39.2 Å². The molecule has 2 aromatic carbocycles. The Bertz CT molecular complexity index is 1230. The number of benzene rings is 2. The molecule has 0 aliphatic carbocycles. The van der Waals surface area contributed by atoms with E-state index < -0.39 is 10.0 Å². The number of carbonyl (C=O) groups excluding carboxylic acids is 1. The van der Waals surface area contributed by atoms with Crippen molar-refractivity contribution in [2.24, 2.45) is 0 Å². The van der Waals surface area contributed by atoms with Crippen LogP contribution in [0.1, 0.15) is 10.4 Å². The lowest BCUT2D eigenvalue weighted by Crippen LogP contribution is -2.49. The van der Waals surface area contributed by atoms with Gasteiger partial charge in [-0.3, -0.25) is 9.52 Å². The van der Waals surface area contributed by atoms with Crippen LogP contribution in [0.15, 0.2) is 65.8 Å². The smallest absolute Gasteiger partial charge is 0.263 e. The quantitative estimate of drug-likeness (QED) is 0.570. The van der Waals surface area contributed by atoms with Gasteiger partial charge < -0.3 is 14.5 Å². The zero-order valence-corrected chi connectivity index (χ0v) is 19.4. The standard InChI is InChI=1S/C22H22ClN5O4S/c1-32-18-6-4-17(5-7-18)26-33(30,31)20-15-16(3-8-19(20)23)21(29)27-11-13-28(14-12-27)22-24-9-2-10-25-22/h2-10,15,26H,11-14H2,1H3. The SMILES string of the molecule is COc1ccc(NS(=O)(=O)c2cc(C(=O)N3CCN(c4ncccn4)CC3)ccc2Cl)cc1. The molecule has 1 aliphatic rings. The summed E-state index contributed by atoms with van der Waals surface area (Å²) in [7, 11) is -2.49. The number of hydrogen-bond acceptors (Lipinski definition) is 7. The second-order valence-corrected chi connectivity index (χ2v) is 9.37. The number of carbonyl (C=O) groups is 1. The normalized spacial score (nSPS) is 14.1. The predicted octanol–water partition coefficient (Wildman–Crippen LogP) is 2.90. The number of nitrogens with one attached hydrogen (secondary N) is 1. The number of methoxy groups -OCH3 is 1.